The van der Waals surface area contributed by atoms with E-state index in [0.29, 0.717) is 12.2 Å². The average molecular weight is 284 g/mol. The fourth-order valence-corrected chi connectivity index (χ4v) is 3.50. The van der Waals surface area contributed by atoms with Crippen LogP contribution >= 0.6 is 0 Å². The second kappa shape index (κ2) is 4.88. The zero-order chi connectivity index (χ0) is 14.4. The lowest BCUT2D eigenvalue weighted by atomic mass is 10.1. The molecule has 2 atom stereocenters. The molecular formula is C17H20N2O2. The van der Waals surface area contributed by atoms with Crippen LogP contribution in [0, 0.1) is 6.92 Å². The Bertz CT molecular complexity index is 674. The number of aromatic nitrogens is 1. The summed E-state index contributed by atoms with van der Waals surface area (Å²) in [5.74, 6) is 0.899. The maximum atomic E-state index is 5.92. The number of fused-ring (bicyclic) bond motifs is 3. The van der Waals surface area contributed by atoms with Gasteiger partial charge >= 0.3 is 0 Å². The van der Waals surface area contributed by atoms with Crippen molar-refractivity contribution < 1.29 is 9.47 Å². The molecule has 110 valence electrons. The van der Waals surface area contributed by atoms with Gasteiger partial charge in [0.2, 0.25) is 0 Å². The van der Waals surface area contributed by atoms with Gasteiger partial charge in [-0.15, -0.1) is 0 Å². The molecule has 4 nitrogen and oxygen atoms in total. The van der Waals surface area contributed by atoms with E-state index in [2.05, 4.69) is 28.1 Å². The van der Waals surface area contributed by atoms with Crippen LogP contribution in [0.3, 0.4) is 0 Å². The summed E-state index contributed by atoms with van der Waals surface area (Å²) in [4.78, 5) is 7.02. The van der Waals surface area contributed by atoms with Crippen molar-refractivity contribution in [1.29, 1.82) is 0 Å². The van der Waals surface area contributed by atoms with Gasteiger partial charge in [0, 0.05) is 35.9 Å². The smallest absolute Gasteiger partial charge is 0.130 e. The fourth-order valence-electron chi connectivity index (χ4n) is 3.50. The van der Waals surface area contributed by atoms with Gasteiger partial charge < -0.3 is 14.4 Å². The van der Waals surface area contributed by atoms with Gasteiger partial charge in [0.05, 0.1) is 24.8 Å². The molecule has 1 aromatic carbocycles. The van der Waals surface area contributed by atoms with E-state index < -0.39 is 0 Å². The summed E-state index contributed by atoms with van der Waals surface area (Å²) in [6.45, 7) is 3.97. The third kappa shape index (κ3) is 2.23. The van der Waals surface area contributed by atoms with Gasteiger partial charge in [0.15, 0.2) is 0 Å². The summed E-state index contributed by atoms with van der Waals surface area (Å²) in [5.41, 5.74) is 3.22. The minimum absolute atomic E-state index is 0.400. The van der Waals surface area contributed by atoms with Crippen molar-refractivity contribution in [2.45, 2.75) is 32.0 Å². The lowest BCUT2D eigenvalue weighted by Gasteiger charge is -2.34. The van der Waals surface area contributed by atoms with Crippen LogP contribution in [0.2, 0.25) is 0 Å². The molecule has 2 saturated heterocycles. The lowest BCUT2D eigenvalue weighted by molar-refractivity contribution is 0.0305. The second-order valence-electron chi connectivity index (χ2n) is 6.03. The number of anilines is 1. The molecule has 0 radical (unpaired) electrons. The first-order valence-electron chi connectivity index (χ1n) is 7.59. The summed E-state index contributed by atoms with van der Waals surface area (Å²) in [6.07, 6.45) is 3.19. The van der Waals surface area contributed by atoms with Crippen molar-refractivity contribution in [2.24, 2.45) is 0 Å². The standard InChI is InChI=1S/C17H20N2O2/c1-11-7-17(20-2)15-8-12(3-6-16(15)18-11)19-9-13-4-5-14(10-19)21-13/h3,6-8,13-14H,4-5,9-10H2,1-2H3. The zero-order valence-corrected chi connectivity index (χ0v) is 12.5. The molecular weight excluding hydrogens is 264 g/mol. The first-order chi connectivity index (χ1) is 10.2. The van der Waals surface area contributed by atoms with E-state index in [1.165, 1.54) is 18.5 Å². The number of ether oxygens (including phenoxy) is 2. The highest BCUT2D eigenvalue weighted by Crippen LogP contribution is 2.33. The highest BCUT2D eigenvalue weighted by atomic mass is 16.5. The molecule has 21 heavy (non-hydrogen) atoms. The molecule has 1 aromatic heterocycles. The van der Waals surface area contributed by atoms with Crippen LogP contribution in [0.15, 0.2) is 24.3 Å². The van der Waals surface area contributed by atoms with E-state index in [9.17, 15) is 0 Å². The maximum Gasteiger partial charge on any atom is 0.130 e. The molecule has 2 aliphatic heterocycles. The number of pyridine rings is 1. The third-order valence-corrected chi connectivity index (χ3v) is 4.51. The average Bonchev–Trinajstić information content (AvgIpc) is 2.84. The van der Waals surface area contributed by atoms with Crippen LogP contribution in [-0.4, -0.2) is 37.4 Å². The van der Waals surface area contributed by atoms with Crippen molar-refractivity contribution in [2.75, 3.05) is 25.1 Å². The summed E-state index contributed by atoms with van der Waals surface area (Å²) in [7, 11) is 1.72. The number of nitrogens with zero attached hydrogens (tertiary/aromatic N) is 2. The molecule has 3 heterocycles. The van der Waals surface area contributed by atoms with E-state index in [-0.39, 0.29) is 0 Å². The quantitative estimate of drug-likeness (QED) is 0.849. The molecule has 0 aliphatic carbocycles. The first-order valence-corrected chi connectivity index (χ1v) is 7.59. The summed E-state index contributed by atoms with van der Waals surface area (Å²) in [5, 5.41) is 1.08. The van der Waals surface area contributed by atoms with Gasteiger partial charge in [-0.25, -0.2) is 0 Å². The fraction of sp³-hybridized carbons (Fsp3) is 0.471. The molecule has 2 bridgehead atoms. The van der Waals surface area contributed by atoms with Crippen LogP contribution in [0.4, 0.5) is 5.69 Å². The number of hydrogen-bond acceptors (Lipinski definition) is 4. The van der Waals surface area contributed by atoms with Crippen LogP contribution in [0.1, 0.15) is 18.5 Å². The number of rotatable bonds is 2. The topological polar surface area (TPSA) is 34.6 Å². The highest BCUT2D eigenvalue weighted by molar-refractivity contribution is 5.88. The van der Waals surface area contributed by atoms with Gasteiger partial charge in [-0.05, 0) is 38.0 Å². The normalized spacial score (nSPS) is 24.6. The van der Waals surface area contributed by atoms with Crippen LogP contribution in [0.5, 0.6) is 5.75 Å². The van der Waals surface area contributed by atoms with Gasteiger partial charge in [-0.2, -0.15) is 0 Å². The third-order valence-electron chi connectivity index (χ3n) is 4.51. The molecule has 4 heteroatoms. The molecule has 4 rings (SSSR count). The molecule has 0 spiro atoms. The number of aryl methyl sites for hydroxylation is 1. The van der Waals surface area contributed by atoms with Crippen molar-refractivity contribution >= 4 is 16.6 Å². The number of benzene rings is 1. The Balaban J connectivity index is 1.74. The summed E-state index contributed by atoms with van der Waals surface area (Å²) < 4.78 is 11.4. The van der Waals surface area contributed by atoms with Gasteiger partial charge in [0.1, 0.15) is 5.75 Å². The Kier molecular flexibility index (Phi) is 3.00. The van der Waals surface area contributed by atoms with Crippen molar-refractivity contribution in [3.8, 4) is 5.75 Å². The van der Waals surface area contributed by atoms with Gasteiger partial charge in [0.25, 0.3) is 0 Å². The molecule has 2 aromatic rings. The van der Waals surface area contributed by atoms with Crippen molar-refractivity contribution in [1.82, 2.24) is 4.98 Å². The Labute approximate surface area is 124 Å². The molecule has 2 fully saturated rings. The molecule has 0 N–H and O–H groups in total. The SMILES string of the molecule is COc1cc(C)nc2ccc(N3CC4CCC(C3)O4)cc12. The second-order valence-corrected chi connectivity index (χ2v) is 6.03. The molecule has 2 aliphatic rings. The van der Waals surface area contributed by atoms with Crippen molar-refractivity contribution in [3.05, 3.63) is 30.0 Å². The molecule has 2 unspecified atom stereocenters. The molecule has 0 saturated carbocycles. The number of methoxy groups -OCH3 is 1. The largest absolute Gasteiger partial charge is 0.496 e. The Morgan fingerprint density at radius 2 is 1.95 bits per heavy atom. The monoisotopic (exact) mass is 284 g/mol. The van der Waals surface area contributed by atoms with Gasteiger partial charge in [-0.1, -0.05) is 0 Å². The molecule has 0 amide bonds. The zero-order valence-electron chi connectivity index (χ0n) is 12.5. The Morgan fingerprint density at radius 3 is 2.67 bits per heavy atom. The van der Waals surface area contributed by atoms with Crippen molar-refractivity contribution in [3.63, 3.8) is 0 Å². The maximum absolute atomic E-state index is 5.92. The van der Waals surface area contributed by atoms with Crippen LogP contribution in [-0.2, 0) is 4.74 Å². The summed E-state index contributed by atoms with van der Waals surface area (Å²) >= 11 is 0. The lowest BCUT2D eigenvalue weighted by Crippen LogP contribution is -2.42. The van der Waals surface area contributed by atoms with E-state index in [0.717, 1.165) is 35.4 Å². The minimum atomic E-state index is 0.400. The minimum Gasteiger partial charge on any atom is -0.496 e. The van der Waals surface area contributed by atoms with E-state index in [4.69, 9.17) is 9.47 Å². The Hall–Kier alpha value is -1.81. The van der Waals surface area contributed by atoms with Crippen LogP contribution in [0.25, 0.3) is 10.9 Å². The summed E-state index contributed by atoms with van der Waals surface area (Å²) in [6, 6.07) is 8.46. The van der Waals surface area contributed by atoms with Crippen LogP contribution < -0.4 is 9.64 Å². The predicted octanol–water partition coefficient (Wildman–Crippen LogP) is 2.92. The Morgan fingerprint density at radius 1 is 1.19 bits per heavy atom. The first kappa shape index (κ1) is 12.9. The van der Waals surface area contributed by atoms with Gasteiger partial charge in [-0.3, -0.25) is 4.98 Å². The number of morpholine rings is 1. The van der Waals surface area contributed by atoms with E-state index >= 15 is 0 Å². The highest BCUT2D eigenvalue weighted by Gasteiger charge is 2.33. The van der Waals surface area contributed by atoms with E-state index in [1.54, 1.807) is 7.11 Å². The number of hydrogen-bond donors (Lipinski definition) is 0. The predicted molar refractivity (Wildman–Crippen MR) is 83.1 cm³/mol. The van der Waals surface area contributed by atoms with E-state index in [1.807, 2.05) is 13.0 Å².